The van der Waals surface area contributed by atoms with Crippen molar-refractivity contribution >= 4 is 28.8 Å². The number of carbonyl (C=O) groups is 1. The number of aliphatic hydroxyl groups excluding tert-OH is 1. The summed E-state index contributed by atoms with van der Waals surface area (Å²) in [7, 11) is 1.57. The van der Waals surface area contributed by atoms with Gasteiger partial charge in [-0.2, -0.15) is 10.2 Å². The summed E-state index contributed by atoms with van der Waals surface area (Å²) in [6.07, 6.45) is 9.59. The number of rotatable bonds is 5. The van der Waals surface area contributed by atoms with Crippen molar-refractivity contribution in [3.63, 3.8) is 0 Å². The minimum absolute atomic E-state index is 0.174. The van der Waals surface area contributed by atoms with Gasteiger partial charge in [0.05, 0.1) is 31.1 Å². The fourth-order valence-electron chi connectivity index (χ4n) is 4.29. The Balaban J connectivity index is 1.58. The molecule has 1 saturated carbocycles. The highest BCUT2D eigenvalue weighted by molar-refractivity contribution is 6.31. The average Bonchev–Trinajstić information content (AvgIpc) is 3.44. The maximum Gasteiger partial charge on any atom is 0.261 e. The first-order valence-corrected chi connectivity index (χ1v) is 11.1. The van der Waals surface area contributed by atoms with Gasteiger partial charge in [0.1, 0.15) is 17.0 Å². The Kier molecular flexibility index (Phi) is 5.74. The number of halogens is 1. The van der Waals surface area contributed by atoms with Gasteiger partial charge in [-0.15, -0.1) is 0 Å². The fraction of sp³-hybridized carbons (Fsp3) is 0.304. The molecule has 3 heterocycles. The number of nitrogens with zero attached hydrogens (tertiary/aromatic N) is 5. The van der Waals surface area contributed by atoms with Gasteiger partial charge in [-0.25, -0.2) is 9.50 Å². The molecule has 5 rings (SSSR count). The third-order valence-electron chi connectivity index (χ3n) is 5.95. The first-order chi connectivity index (χ1) is 16.0. The summed E-state index contributed by atoms with van der Waals surface area (Å²) in [5.74, 6) is 0.205. The van der Waals surface area contributed by atoms with Gasteiger partial charge in [-0.1, -0.05) is 24.4 Å². The van der Waals surface area contributed by atoms with Gasteiger partial charge in [0, 0.05) is 29.2 Å². The van der Waals surface area contributed by atoms with Crippen molar-refractivity contribution in [3.05, 3.63) is 59.6 Å². The molecular weight excluding hydrogens is 444 g/mol. The number of ether oxygens (including phenoxy) is 1. The molecule has 0 spiro atoms. The van der Waals surface area contributed by atoms with Crippen LogP contribution in [0, 0.1) is 0 Å². The molecule has 1 fully saturated rings. The van der Waals surface area contributed by atoms with Crippen LogP contribution < -0.4 is 10.1 Å². The van der Waals surface area contributed by atoms with Crippen molar-refractivity contribution in [2.75, 3.05) is 12.4 Å². The van der Waals surface area contributed by atoms with Crippen LogP contribution in [-0.2, 0) is 0 Å². The molecular formula is C23H23ClN6O3. The van der Waals surface area contributed by atoms with Crippen LogP contribution in [0.25, 0.3) is 16.9 Å². The number of fused-ring (bicyclic) bond motifs is 1. The van der Waals surface area contributed by atoms with E-state index in [4.69, 9.17) is 21.4 Å². The normalized spacial score (nSPS) is 18.4. The number of hydrogen-bond acceptors (Lipinski definition) is 6. The Bertz CT molecular complexity index is 1320. The van der Waals surface area contributed by atoms with Crippen LogP contribution in [0.4, 0.5) is 5.69 Å². The molecule has 1 aromatic carbocycles. The number of amides is 1. The van der Waals surface area contributed by atoms with Crippen molar-refractivity contribution in [1.29, 1.82) is 0 Å². The van der Waals surface area contributed by atoms with Gasteiger partial charge in [-0.3, -0.25) is 9.48 Å². The van der Waals surface area contributed by atoms with E-state index in [0.717, 1.165) is 25.7 Å². The monoisotopic (exact) mass is 466 g/mol. The van der Waals surface area contributed by atoms with E-state index in [9.17, 15) is 9.90 Å². The Morgan fingerprint density at radius 1 is 1.30 bits per heavy atom. The van der Waals surface area contributed by atoms with E-state index in [1.165, 1.54) is 10.7 Å². The molecule has 1 aliphatic rings. The standard InChI is InChI=1S/C23H23ClN6O3/c1-33-20-8-7-14(24)11-15(20)21-17(13-30(28-21)18-5-2-3-6-19(18)31)27-23(32)16-12-26-29-10-4-9-25-22(16)29/h4,7-13,18-19,31H,2-3,5-6H2,1H3,(H,27,32)/t18-,19+/m1/s1. The third-order valence-corrected chi connectivity index (χ3v) is 6.19. The molecule has 170 valence electrons. The van der Waals surface area contributed by atoms with Crippen LogP contribution in [0.5, 0.6) is 5.75 Å². The number of methoxy groups -OCH3 is 1. The smallest absolute Gasteiger partial charge is 0.261 e. The van der Waals surface area contributed by atoms with Crippen LogP contribution in [0.2, 0.25) is 5.02 Å². The molecule has 2 atom stereocenters. The summed E-state index contributed by atoms with van der Waals surface area (Å²) in [5.41, 5.74) is 2.41. The molecule has 0 radical (unpaired) electrons. The number of aliphatic hydroxyl groups is 1. The van der Waals surface area contributed by atoms with Gasteiger partial charge < -0.3 is 15.2 Å². The molecule has 4 aromatic rings. The molecule has 3 aromatic heterocycles. The van der Waals surface area contributed by atoms with E-state index in [1.54, 1.807) is 54.6 Å². The maximum atomic E-state index is 13.2. The van der Waals surface area contributed by atoms with E-state index >= 15 is 0 Å². The zero-order valence-corrected chi connectivity index (χ0v) is 18.7. The van der Waals surface area contributed by atoms with Crippen molar-refractivity contribution in [2.24, 2.45) is 0 Å². The second kappa shape index (κ2) is 8.84. The fourth-order valence-corrected chi connectivity index (χ4v) is 4.47. The number of benzene rings is 1. The number of aromatic nitrogens is 5. The second-order valence-corrected chi connectivity index (χ2v) is 8.47. The minimum Gasteiger partial charge on any atom is -0.496 e. The minimum atomic E-state index is -0.500. The summed E-state index contributed by atoms with van der Waals surface area (Å²) in [5, 5.41) is 23.0. The first kappa shape index (κ1) is 21.4. The predicted octanol–water partition coefficient (Wildman–Crippen LogP) is 3.98. The van der Waals surface area contributed by atoms with Gasteiger partial charge >= 0.3 is 0 Å². The molecule has 0 bridgehead atoms. The summed E-state index contributed by atoms with van der Waals surface area (Å²) < 4.78 is 8.81. The first-order valence-electron chi connectivity index (χ1n) is 10.8. The van der Waals surface area contributed by atoms with Gasteiger partial charge in [0.15, 0.2) is 5.65 Å². The lowest BCUT2D eigenvalue weighted by Crippen LogP contribution is -2.27. The van der Waals surface area contributed by atoms with Crippen LogP contribution in [0.3, 0.4) is 0 Å². The average molecular weight is 467 g/mol. The molecule has 0 aliphatic heterocycles. The van der Waals surface area contributed by atoms with Crippen molar-refractivity contribution in [2.45, 2.75) is 37.8 Å². The largest absolute Gasteiger partial charge is 0.496 e. The Morgan fingerprint density at radius 3 is 2.97 bits per heavy atom. The molecule has 2 N–H and O–H groups in total. The van der Waals surface area contributed by atoms with E-state index < -0.39 is 6.10 Å². The Labute approximate surface area is 195 Å². The number of hydrogen-bond donors (Lipinski definition) is 2. The van der Waals surface area contributed by atoms with Crippen molar-refractivity contribution in [3.8, 4) is 17.0 Å². The van der Waals surface area contributed by atoms with E-state index in [1.807, 2.05) is 0 Å². The number of anilines is 1. The van der Waals surface area contributed by atoms with Crippen LogP contribution in [-0.4, -0.2) is 48.6 Å². The molecule has 1 aliphatic carbocycles. The number of nitrogens with one attached hydrogen (secondary N) is 1. The third kappa shape index (κ3) is 4.05. The molecule has 0 saturated heterocycles. The van der Waals surface area contributed by atoms with Crippen molar-refractivity contribution in [1.82, 2.24) is 24.4 Å². The molecule has 1 amide bonds. The Hall–Kier alpha value is -3.43. The predicted molar refractivity (Wildman–Crippen MR) is 124 cm³/mol. The van der Waals surface area contributed by atoms with Crippen LogP contribution in [0.15, 0.2) is 49.1 Å². The molecule has 9 nitrogen and oxygen atoms in total. The zero-order chi connectivity index (χ0) is 22.9. The van der Waals surface area contributed by atoms with Gasteiger partial charge in [0.25, 0.3) is 5.91 Å². The summed E-state index contributed by atoms with van der Waals surface area (Å²) in [6.45, 7) is 0. The Morgan fingerprint density at radius 2 is 2.15 bits per heavy atom. The lowest BCUT2D eigenvalue weighted by Gasteiger charge is -2.27. The summed E-state index contributed by atoms with van der Waals surface area (Å²) in [4.78, 5) is 17.5. The van der Waals surface area contributed by atoms with Gasteiger partial charge in [-0.05, 0) is 37.1 Å². The highest BCUT2D eigenvalue weighted by atomic mass is 35.5. The van der Waals surface area contributed by atoms with Crippen LogP contribution >= 0.6 is 11.6 Å². The lowest BCUT2D eigenvalue weighted by molar-refractivity contribution is 0.0696. The molecule has 33 heavy (non-hydrogen) atoms. The quantitative estimate of drug-likeness (QED) is 0.460. The SMILES string of the molecule is COc1ccc(Cl)cc1-c1nn([C@@H]2CCCC[C@@H]2O)cc1NC(=O)c1cnn2cccnc12. The number of carbonyl (C=O) groups excluding carboxylic acids is 1. The second-order valence-electron chi connectivity index (χ2n) is 8.04. The van der Waals surface area contributed by atoms with Crippen molar-refractivity contribution < 1.29 is 14.6 Å². The zero-order valence-electron chi connectivity index (χ0n) is 18.0. The highest BCUT2D eigenvalue weighted by Gasteiger charge is 2.28. The maximum absolute atomic E-state index is 13.2. The molecule has 10 heteroatoms. The lowest BCUT2D eigenvalue weighted by atomic mass is 9.93. The molecule has 0 unspecified atom stereocenters. The topological polar surface area (TPSA) is 107 Å². The van der Waals surface area contributed by atoms with Crippen LogP contribution in [0.1, 0.15) is 42.1 Å². The van der Waals surface area contributed by atoms with Gasteiger partial charge in [0.2, 0.25) is 0 Å². The van der Waals surface area contributed by atoms with E-state index in [0.29, 0.717) is 38.9 Å². The highest BCUT2D eigenvalue weighted by Crippen LogP contribution is 2.38. The summed E-state index contributed by atoms with van der Waals surface area (Å²) >= 11 is 6.27. The van der Waals surface area contributed by atoms with E-state index in [2.05, 4.69) is 15.4 Å². The van der Waals surface area contributed by atoms with E-state index in [-0.39, 0.29) is 11.9 Å². The summed E-state index contributed by atoms with van der Waals surface area (Å²) in [6, 6.07) is 6.80.